The predicted molar refractivity (Wildman–Crippen MR) is 51.1 cm³/mol. The highest BCUT2D eigenvalue weighted by Gasteiger charge is 2.18. The van der Waals surface area contributed by atoms with E-state index in [-0.39, 0.29) is 0 Å². The van der Waals surface area contributed by atoms with Crippen molar-refractivity contribution in [3.8, 4) is 0 Å². The van der Waals surface area contributed by atoms with Gasteiger partial charge in [-0.05, 0) is 17.7 Å². The molecule has 0 saturated heterocycles. The van der Waals surface area contributed by atoms with E-state index < -0.39 is 12.0 Å². The minimum atomic E-state index is -0.822. The first-order valence-corrected chi connectivity index (χ1v) is 4.29. The van der Waals surface area contributed by atoms with Crippen LogP contribution in [-0.2, 0) is 9.53 Å². The standard InChI is InChI=1S/C9H10ClNO3/c1-14-8(9(12)11-13)6-2-4-7(10)5-3-6/h2-5,8,13H,1H3,(H,11,12). The van der Waals surface area contributed by atoms with Crippen LogP contribution in [0.1, 0.15) is 11.7 Å². The molecule has 0 aliphatic rings. The van der Waals surface area contributed by atoms with Gasteiger partial charge in [-0.2, -0.15) is 0 Å². The van der Waals surface area contributed by atoms with E-state index in [1.807, 2.05) is 0 Å². The molecule has 1 rings (SSSR count). The van der Waals surface area contributed by atoms with Crippen LogP contribution in [0.2, 0.25) is 5.02 Å². The van der Waals surface area contributed by atoms with Crippen molar-refractivity contribution in [1.29, 1.82) is 0 Å². The number of hydrogen-bond acceptors (Lipinski definition) is 3. The molecule has 0 radical (unpaired) electrons. The van der Waals surface area contributed by atoms with Gasteiger partial charge in [0.25, 0.3) is 5.91 Å². The Hall–Kier alpha value is -1.10. The van der Waals surface area contributed by atoms with Gasteiger partial charge in [0.15, 0.2) is 6.10 Å². The number of carbonyl (C=O) groups is 1. The predicted octanol–water partition coefficient (Wildman–Crippen LogP) is 1.53. The van der Waals surface area contributed by atoms with Gasteiger partial charge in [-0.25, -0.2) is 5.48 Å². The zero-order chi connectivity index (χ0) is 10.6. The fourth-order valence-corrected chi connectivity index (χ4v) is 1.22. The summed E-state index contributed by atoms with van der Waals surface area (Å²) in [5, 5.41) is 9.02. The molecular weight excluding hydrogens is 206 g/mol. The molecule has 1 aromatic rings. The molecule has 0 spiro atoms. The average molecular weight is 216 g/mol. The summed E-state index contributed by atoms with van der Waals surface area (Å²) in [5.74, 6) is -0.616. The topological polar surface area (TPSA) is 58.6 Å². The first-order chi connectivity index (χ1) is 6.69. The Morgan fingerprint density at radius 1 is 1.50 bits per heavy atom. The summed E-state index contributed by atoms with van der Waals surface area (Å²) in [6.45, 7) is 0. The molecule has 2 N–H and O–H groups in total. The molecular formula is C9H10ClNO3. The Balaban J connectivity index is 2.89. The summed E-state index contributed by atoms with van der Waals surface area (Å²) in [4.78, 5) is 11.1. The highest BCUT2D eigenvalue weighted by atomic mass is 35.5. The van der Waals surface area contributed by atoms with Crippen molar-refractivity contribution in [3.05, 3.63) is 34.9 Å². The van der Waals surface area contributed by atoms with Gasteiger partial charge in [0.1, 0.15) is 0 Å². The highest BCUT2D eigenvalue weighted by molar-refractivity contribution is 6.30. The summed E-state index contributed by atoms with van der Waals surface area (Å²) in [6.07, 6.45) is -0.822. The number of methoxy groups -OCH3 is 1. The summed E-state index contributed by atoms with van der Waals surface area (Å²) < 4.78 is 4.91. The monoisotopic (exact) mass is 215 g/mol. The average Bonchev–Trinajstić information content (AvgIpc) is 2.21. The van der Waals surface area contributed by atoms with Crippen LogP contribution in [0.5, 0.6) is 0 Å². The quantitative estimate of drug-likeness (QED) is 0.594. The minimum absolute atomic E-state index is 0.577. The van der Waals surface area contributed by atoms with Crippen LogP contribution in [0.15, 0.2) is 24.3 Å². The molecule has 0 bridgehead atoms. The number of hydroxylamine groups is 1. The maximum Gasteiger partial charge on any atom is 0.277 e. The first-order valence-electron chi connectivity index (χ1n) is 3.91. The second-order valence-corrected chi connectivity index (χ2v) is 3.08. The Morgan fingerprint density at radius 2 is 2.07 bits per heavy atom. The number of rotatable bonds is 3. The van der Waals surface area contributed by atoms with Crippen molar-refractivity contribution in [3.63, 3.8) is 0 Å². The number of ether oxygens (including phenoxy) is 1. The Labute approximate surface area is 86.4 Å². The molecule has 0 aliphatic heterocycles. The van der Waals surface area contributed by atoms with Crippen molar-refractivity contribution in [2.45, 2.75) is 6.10 Å². The first kappa shape index (κ1) is 11.0. The van der Waals surface area contributed by atoms with Crippen molar-refractivity contribution in [2.24, 2.45) is 0 Å². The zero-order valence-corrected chi connectivity index (χ0v) is 8.28. The lowest BCUT2D eigenvalue weighted by molar-refractivity contribution is -0.140. The maximum atomic E-state index is 11.1. The van der Waals surface area contributed by atoms with Crippen LogP contribution in [0, 0.1) is 0 Å². The van der Waals surface area contributed by atoms with E-state index in [1.165, 1.54) is 12.6 Å². The van der Waals surface area contributed by atoms with Crippen LogP contribution in [-0.4, -0.2) is 18.2 Å². The zero-order valence-electron chi connectivity index (χ0n) is 7.53. The van der Waals surface area contributed by atoms with E-state index in [4.69, 9.17) is 21.5 Å². The fraction of sp³-hybridized carbons (Fsp3) is 0.222. The third-order valence-corrected chi connectivity index (χ3v) is 2.01. The van der Waals surface area contributed by atoms with Crippen molar-refractivity contribution in [2.75, 3.05) is 7.11 Å². The molecule has 1 amide bonds. The molecule has 76 valence electrons. The second kappa shape index (κ2) is 4.95. The Morgan fingerprint density at radius 3 is 2.50 bits per heavy atom. The van der Waals surface area contributed by atoms with Gasteiger partial charge in [-0.15, -0.1) is 0 Å². The molecule has 0 aromatic heterocycles. The van der Waals surface area contributed by atoms with E-state index in [1.54, 1.807) is 24.3 Å². The van der Waals surface area contributed by atoms with Gasteiger partial charge in [0.2, 0.25) is 0 Å². The second-order valence-electron chi connectivity index (χ2n) is 2.64. The van der Waals surface area contributed by atoms with Crippen LogP contribution in [0.4, 0.5) is 0 Å². The van der Waals surface area contributed by atoms with Gasteiger partial charge in [0.05, 0.1) is 0 Å². The number of hydrogen-bond donors (Lipinski definition) is 2. The van der Waals surface area contributed by atoms with E-state index in [2.05, 4.69) is 0 Å². The number of carbonyl (C=O) groups excluding carboxylic acids is 1. The molecule has 0 fully saturated rings. The lowest BCUT2D eigenvalue weighted by Gasteiger charge is -2.12. The van der Waals surface area contributed by atoms with Gasteiger partial charge >= 0.3 is 0 Å². The molecule has 0 saturated carbocycles. The minimum Gasteiger partial charge on any atom is -0.367 e. The van der Waals surface area contributed by atoms with Crippen LogP contribution >= 0.6 is 11.6 Å². The highest BCUT2D eigenvalue weighted by Crippen LogP contribution is 2.19. The van der Waals surface area contributed by atoms with Crippen LogP contribution in [0.3, 0.4) is 0 Å². The molecule has 5 heteroatoms. The maximum absolute atomic E-state index is 11.1. The van der Waals surface area contributed by atoms with Gasteiger partial charge in [-0.3, -0.25) is 10.0 Å². The summed E-state index contributed by atoms with van der Waals surface area (Å²) in [6, 6.07) is 6.61. The van der Waals surface area contributed by atoms with Crippen molar-refractivity contribution < 1.29 is 14.7 Å². The van der Waals surface area contributed by atoms with Crippen LogP contribution < -0.4 is 5.48 Å². The number of benzene rings is 1. The molecule has 14 heavy (non-hydrogen) atoms. The van der Waals surface area contributed by atoms with Gasteiger partial charge in [0, 0.05) is 12.1 Å². The van der Waals surface area contributed by atoms with E-state index in [9.17, 15) is 4.79 Å². The third-order valence-electron chi connectivity index (χ3n) is 1.76. The Kier molecular flexibility index (Phi) is 3.88. The lowest BCUT2D eigenvalue weighted by Crippen LogP contribution is -2.27. The lowest BCUT2D eigenvalue weighted by atomic mass is 10.1. The molecule has 0 aliphatic carbocycles. The molecule has 1 aromatic carbocycles. The molecule has 1 atom stereocenters. The third kappa shape index (κ3) is 2.45. The molecule has 4 nitrogen and oxygen atoms in total. The number of halogens is 1. The van der Waals surface area contributed by atoms with Crippen LogP contribution in [0.25, 0.3) is 0 Å². The number of amides is 1. The Bertz CT molecular complexity index is 312. The normalized spacial score (nSPS) is 12.2. The summed E-state index contributed by atoms with van der Waals surface area (Å²) in [7, 11) is 1.38. The molecule has 1 unspecified atom stereocenters. The van der Waals surface area contributed by atoms with Crippen molar-refractivity contribution in [1.82, 2.24) is 5.48 Å². The molecule has 0 heterocycles. The van der Waals surface area contributed by atoms with E-state index in [0.717, 1.165) is 0 Å². The fourth-order valence-electron chi connectivity index (χ4n) is 1.09. The van der Waals surface area contributed by atoms with E-state index in [0.29, 0.717) is 10.6 Å². The largest absolute Gasteiger partial charge is 0.367 e. The van der Waals surface area contributed by atoms with Gasteiger partial charge in [-0.1, -0.05) is 23.7 Å². The summed E-state index contributed by atoms with van der Waals surface area (Å²) in [5.41, 5.74) is 2.16. The SMILES string of the molecule is COC(C(=O)NO)c1ccc(Cl)cc1. The smallest absolute Gasteiger partial charge is 0.277 e. The number of nitrogens with one attached hydrogen (secondary N) is 1. The van der Waals surface area contributed by atoms with E-state index >= 15 is 0 Å². The van der Waals surface area contributed by atoms with Crippen molar-refractivity contribution >= 4 is 17.5 Å². The van der Waals surface area contributed by atoms with Gasteiger partial charge < -0.3 is 4.74 Å². The summed E-state index contributed by atoms with van der Waals surface area (Å²) >= 11 is 5.68.